The first-order chi connectivity index (χ1) is 9.60. The fourth-order valence-electron chi connectivity index (χ4n) is 2.15. The molecule has 3 heteroatoms. The highest BCUT2D eigenvalue weighted by Gasteiger charge is 2.15. The molecular weight excluding hydrogens is 263 g/mol. The zero-order valence-electron chi connectivity index (χ0n) is 14.6. The summed E-state index contributed by atoms with van der Waals surface area (Å²) in [5, 5.41) is 3.44. The zero-order chi connectivity index (χ0) is 16.2. The zero-order valence-corrected chi connectivity index (χ0v) is 14.6. The lowest BCUT2D eigenvalue weighted by Crippen LogP contribution is -2.35. The van der Waals surface area contributed by atoms with Gasteiger partial charge in [-0.2, -0.15) is 0 Å². The Hall–Kier alpha value is -0.930. The van der Waals surface area contributed by atoms with Crippen molar-refractivity contribution >= 4 is 0 Å². The molecule has 0 spiro atoms. The minimum absolute atomic E-state index is 0.0670. The summed E-state index contributed by atoms with van der Waals surface area (Å²) in [5.74, 6) is 0.445. The topological polar surface area (TPSA) is 15.3 Å². The highest BCUT2D eigenvalue weighted by Crippen LogP contribution is 2.17. The third-order valence-electron chi connectivity index (χ3n) is 4.01. The van der Waals surface area contributed by atoms with Gasteiger partial charge >= 0.3 is 0 Å². The monoisotopic (exact) mass is 294 g/mol. The number of hydrogen-bond acceptors (Lipinski definition) is 2. The second kappa shape index (κ2) is 7.37. The Morgan fingerprint density at radius 2 is 1.81 bits per heavy atom. The second-order valence-corrected chi connectivity index (χ2v) is 7.43. The maximum Gasteiger partial charge on any atom is 0.127 e. The molecule has 1 atom stereocenters. The molecule has 0 aliphatic rings. The molecule has 0 aliphatic carbocycles. The number of nitrogens with one attached hydrogen (secondary N) is 1. The van der Waals surface area contributed by atoms with Crippen molar-refractivity contribution in [3.8, 4) is 0 Å². The van der Waals surface area contributed by atoms with Gasteiger partial charge in [-0.1, -0.05) is 26.0 Å². The van der Waals surface area contributed by atoms with Crippen molar-refractivity contribution in [3.05, 3.63) is 35.1 Å². The lowest BCUT2D eigenvalue weighted by Gasteiger charge is -2.28. The van der Waals surface area contributed by atoms with Crippen molar-refractivity contribution in [1.29, 1.82) is 0 Å². The molecule has 0 aromatic heterocycles. The summed E-state index contributed by atoms with van der Waals surface area (Å²) < 4.78 is 14.0. The van der Waals surface area contributed by atoms with Gasteiger partial charge in [-0.05, 0) is 52.3 Å². The molecule has 120 valence electrons. The minimum atomic E-state index is -0.114. The number of benzene rings is 1. The fraction of sp³-hybridized carbons (Fsp3) is 0.667. The van der Waals surface area contributed by atoms with Crippen LogP contribution in [-0.4, -0.2) is 23.5 Å². The van der Waals surface area contributed by atoms with Gasteiger partial charge < -0.3 is 5.32 Å². The van der Waals surface area contributed by atoms with Crippen molar-refractivity contribution in [2.75, 3.05) is 7.05 Å². The minimum Gasteiger partial charge on any atom is -0.308 e. The lowest BCUT2D eigenvalue weighted by atomic mass is 10.0. The van der Waals surface area contributed by atoms with Gasteiger partial charge in [-0.25, -0.2) is 4.39 Å². The van der Waals surface area contributed by atoms with Crippen molar-refractivity contribution in [3.63, 3.8) is 0 Å². The Kier molecular flexibility index (Phi) is 6.36. The van der Waals surface area contributed by atoms with Gasteiger partial charge in [-0.15, -0.1) is 0 Å². The predicted molar refractivity (Wildman–Crippen MR) is 88.8 cm³/mol. The van der Waals surface area contributed by atoms with Crippen molar-refractivity contribution in [1.82, 2.24) is 10.2 Å². The number of halogens is 1. The summed E-state index contributed by atoms with van der Waals surface area (Å²) in [5.41, 5.74) is 1.97. The van der Waals surface area contributed by atoms with Crippen LogP contribution in [0.15, 0.2) is 18.2 Å². The molecule has 0 bridgehead atoms. The third kappa shape index (κ3) is 6.15. The van der Waals surface area contributed by atoms with E-state index in [1.807, 2.05) is 12.1 Å². The van der Waals surface area contributed by atoms with E-state index < -0.39 is 0 Å². The average Bonchev–Trinajstić information content (AvgIpc) is 2.37. The molecule has 21 heavy (non-hydrogen) atoms. The van der Waals surface area contributed by atoms with E-state index in [-0.39, 0.29) is 11.4 Å². The largest absolute Gasteiger partial charge is 0.308 e. The van der Waals surface area contributed by atoms with E-state index in [1.165, 1.54) is 0 Å². The van der Waals surface area contributed by atoms with Crippen LogP contribution in [0.25, 0.3) is 0 Å². The third-order valence-corrected chi connectivity index (χ3v) is 4.01. The highest BCUT2D eigenvalue weighted by molar-refractivity contribution is 5.25. The number of nitrogens with zero attached hydrogens (tertiary/aromatic N) is 1. The van der Waals surface area contributed by atoms with E-state index in [0.717, 1.165) is 17.7 Å². The van der Waals surface area contributed by atoms with Gasteiger partial charge in [-0.3, -0.25) is 4.90 Å². The lowest BCUT2D eigenvalue weighted by molar-refractivity contribution is 0.198. The van der Waals surface area contributed by atoms with Gasteiger partial charge in [0, 0.05) is 30.2 Å². The van der Waals surface area contributed by atoms with Crippen molar-refractivity contribution in [2.24, 2.45) is 5.92 Å². The molecule has 1 N–H and O–H groups in total. The molecule has 0 saturated carbocycles. The van der Waals surface area contributed by atoms with Gasteiger partial charge in [0.15, 0.2) is 0 Å². The predicted octanol–water partition coefficient (Wildman–Crippen LogP) is 4.19. The summed E-state index contributed by atoms with van der Waals surface area (Å²) >= 11 is 0. The van der Waals surface area contributed by atoms with E-state index in [0.29, 0.717) is 18.5 Å². The maximum atomic E-state index is 14.0. The molecule has 2 nitrogen and oxygen atoms in total. The summed E-state index contributed by atoms with van der Waals surface area (Å²) in [7, 11) is 2.06. The molecule has 1 rings (SSSR count). The summed E-state index contributed by atoms with van der Waals surface area (Å²) in [6.07, 6.45) is 0. The fourth-order valence-corrected chi connectivity index (χ4v) is 2.15. The Labute approximate surface area is 129 Å². The van der Waals surface area contributed by atoms with E-state index in [2.05, 4.69) is 58.8 Å². The van der Waals surface area contributed by atoms with Crippen LogP contribution in [0.5, 0.6) is 0 Å². The Morgan fingerprint density at radius 1 is 1.19 bits per heavy atom. The summed E-state index contributed by atoms with van der Waals surface area (Å²) in [6, 6.07) is 5.87. The smallest absolute Gasteiger partial charge is 0.127 e. The number of rotatable bonds is 6. The first-order valence-electron chi connectivity index (χ1n) is 7.82. The Balaban J connectivity index is 2.78. The molecule has 0 saturated heterocycles. The number of hydrogen-bond donors (Lipinski definition) is 1. The van der Waals surface area contributed by atoms with Crippen LogP contribution < -0.4 is 5.32 Å². The molecule has 1 aromatic rings. The van der Waals surface area contributed by atoms with E-state index in [9.17, 15) is 4.39 Å². The average molecular weight is 294 g/mol. The van der Waals surface area contributed by atoms with E-state index >= 15 is 0 Å². The molecule has 0 aliphatic heterocycles. The SMILES string of the molecule is CC(C)C(C)N(C)Cc1cc(CNC(C)(C)C)ccc1F. The molecule has 0 heterocycles. The Bertz CT molecular complexity index is 449. The molecular formula is C18H31FN2. The van der Waals surface area contributed by atoms with Gasteiger partial charge in [0.25, 0.3) is 0 Å². The van der Waals surface area contributed by atoms with Crippen LogP contribution in [0.3, 0.4) is 0 Å². The summed E-state index contributed by atoms with van der Waals surface area (Å²) in [4.78, 5) is 2.21. The van der Waals surface area contributed by atoms with Crippen LogP contribution >= 0.6 is 0 Å². The maximum absolute atomic E-state index is 14.0. The van der Waals surface area contributed by atoms with Gasteiger partial charge in [0.2, 0.25) is 0 Å². The molecule has 1 unspecified atom stereocenters. The van der Waals surface area contributed by atoms with Crippen LogP contribution in [-0.2, 0) is 13.1 Å². The molecule has 0 fully saturated rings. The first kappa shape index (κ1) is 18.1. The Morgan fingerprint density at radius 3 is 2.33 bits per heavy atom. The normalized spacial score (nSPS) is 14.0. The quantitative estimate of drug-likeness (QED) is 0.846. The molecule has 1 aromatic carbocycles. The standard InChI is InChI=1S/C18H31FN2/c1-13(2)14(3)21(7)12-16-10-15(8-9-17(16)19)11-20-18(4,5)6/h8-10,13-14,20H,11-12H2,1-7H3. The van der Waals surface area contributed by atoms with Crippen LogP contribution in [0.1, 0.15) is 52.7 Å². The summed E-state index contributed by atoms with van der Waals surface area (Å²) in [6.45, 7) is 14.4. The van der Waals surface area contributed by atoms with Crippen molar-refractivity contribution < 1.29 is 4.39 Å². The van der Waals surface area contributed by atoms with E-state index in [1.54, 1.807) is 6.07 Å². The molecule has 0 radical (unpaired) electrons. The highest BCUT2D eigenvalue weighted by atomic mass is 19.1. The first-order valence-corrected chi connectivity index (χ1v) is 7.82. The van der Waals surface area contributed by atoms with E-state index in [4.69, 9.17) is 0 Å². The second-order valence-electron chi connectivity index (χ2n) is 7.43. The van der Waals surface area contributed by atoms with Gasteiger partial charge in [0.05, 0.1) is 0 Å². The molecule has 0 amide bonds. The van der Waals surface area contributed by atoms with Crippen molar-refractivity contribution in [2.45, 2.75) is 66.2 Å². The van der Waals surface area contributed by atoms with Crippen LogP contribution in [0.2, 0.25) is 0 Å². The van der Waals surface area contributed by atoms with Crippen LogP contribution in [0.4, 0.5) is 4.39 Å². The van der Waals surface area contributed by atoms with Gasteiger partial charge in [0.1, 0.15) is 5.82 Å². The van der Waals surface area contributed by atoms with Crippen LogP contribution in [0, 0.1) is 11.7 Å².